The van der Waals surface area contributed by atoms with Gasteiger partial charge in [0.25, 0.3) is 0 Å². The van der Waals surface area contributed by atoms with Crippen LogP contribution in [0, 0.1) is 0 Å². The standard InChI is InChI=1S/C18H26N4O2/c1-22(2)13-7-5-12(6-8-13)21-18-14-9-16(23-3)17(24-4)10-15(14)19-11-20-18/h9-13H,5-8H2,1-4H3,(H,19,20,21)/t12-,13-. The topological polar surface area (TPSA) is 59.5 Å². The maximum atomic E-state index is 5.42. The van der Waals surface area contributed by atoms with Crippen molar-refractivity contribution in [3.8, 4) is 11.5 Å². The van der Waals surface area contributed by atoms with Crippen LogP contribution >= 0.6 is 0 Å². The Labute approximate surface area is 143 Å². The lowest BCUT2D eigenvalue weighted by molar-refractivity contribution is 0.221. The Kier molecular flexibility index (Phi) is 5.04. The highest BCUT2D eigenvalue weighted by Crippen LogP contribution is 2.34. The lowest BCUT2D eigenvalue weighted by atomic mass is 9.90. The molecule has 0 spiro atoms. The van der Waals surface area contributed by atoms with Crippen LogP contribution in [0.4, 0.5) is 5.82 Å². The Bertz CT molecular complexity index is 697. The Morgan fingerprint density at radius 2 is 1.67 bits per heavy atom. The molecule has 2 aromatic rings. The van der Waals surface area contributed by atoms with Crippen LogP contribution in [0.5, 0.6) is 11.5 Å². The molecule has 1 aromatic carbocycles. The number of hydrogen-bond acceptors (Lipinski definition) is 6. The van der Waals surface area contributed by atoms with Crippen LogP contribution < -0.4 is 14.8 Å². The molecule has 1 N–H and O–H groups in total. The lowest BCUT2D eigenvalue weighted by Crippen LogP contribution is -2.36. The SMILES string of the molecule is COc1cc2ncnc(N[C@H]3CC[C@H](N(C)C)CC3)c2cc1OC. The minimum atomic E-state index is 0.451. The van der Waals surface area contributed by atoms with Gasteiger partial charge in [0.2, 0.25) is 0 Å². The second kappa shape index (κ2) is 7.21. The first-order valence-electron chi connectivity index (χ1n) is 8.42. The molecule has 0 radical (unpaired) electrons. The molecule has 24 heavy (non-hydrogen) atoms. The van der Waals surface area contributed by atoms with Gasteiger partial charge in [-0.1, -0.05) is 0 Å². The van der Waals surface area contributed by atoms with Crippen molar-refractivity contribution < 1.29 is 9.47 Å². The van der Waals surface area contributed by atoms with Crippen molar-refractivity contribution in [2.24, 2.45) is 0 Å². The quantitative estimate of drug-likeness (QED) is 0.909. The number of ether oxygens (including phenoxy) is 2. The number of rotatable bonds is 5. The Balaban J connectivity index is 1.82. The molecule has 0 unspecified atom stereocenters. The van der Waals surface area contributed by atoms with Crippen LogP contribution in [-0.2, 0) is 0 Å². The predicted octanol–water partition coefficient (Wildman–Crippen LogP) is 2.93. The number of nitrogens with zero attached hydrogens (tertiary/aromatic N) is 3. The van der Waals surface area contributed by atoms with Crippen molar-refractivity contribution >= 4 is 16.7 Å². The molecule has 1 aliphatic rings. The van der Waals surface area contributed by atoms with E-state index in [1.54, 1.807) is 20.5 Å². The molecule has 1 heterocycles. The molecule has 1 saturated carbocycles. The first-order valence-corrected chi connectivity index (χ1v) is 8.42. The van der Waals surface area contributed by atoms with E-state index in [0.29, 0.717) is 23.6 Å². The molecule has 0 bridgehead atoms. The van der Waals surface area contributed by atoms with E-state index in [-0.39, 0.29) is 0 Å². The highest BCUT2D eigenvalue weighted by molar-refractivity contribution is 5.91. The summed E-state index contributed by atoms with van der Waals surface area (Å²) in [6, 6.07) is 4.98. The van der Waals surface area contributed by atoms with E-state index in [1.165, 1.54) is 12.8 Å². The fourth-order valence-corrected chi connectivity index (χ4v) is 3.43. The summed E-state index contributed by atoms with van der Waals surface area (Å²) < 4.78 is 10.8. The number of methoxy groups -OCH3 is 2. The van der Waals surface area contributed by atoms with Gasteiger partial charge in [-0.15, -0.1) is 0 Å². The molecule has 0 atom stereocenters. The van der Waals surface area contributed by atoms with E-state index in [4.69, 9.17) is 9.47 Å². The van der Waals surface area contributed by atoms with Crippen molar-refractivity contribution in [2.75, 3.05) is 33.6 Å². The van der Waals surface area contributed by atoms with Gasteiger partial charge in [0, 0.05) is 23.5 Å². The molecular weight excluding hydrogens is 304 g/mol. The van der Waals surface area contributed by atoms with Gasteiger partial charge in [0.05, 0.1) is 19.7 Å². The van der Waals surface area contributed by atoms with Crippen LogP contribution in [-0.4, -0.2) is 55.3 Å². The fraction of sp³-hybridized carbons (Fsp3) is 0.556. The van der Waals surface area contributed by atoms with E-state index >= 15 is 0 Å². The Morgan fingerprint density at radius 3 is 2.29 bits per heavy atom. The molecule has 6 heteroatoms. The van der Waals surface area contributed by atoms with Gasteiger partial charge in [0.15, 0.2) is 11.5 Å². The van der Waals surface area contributed by atoms with Gasteiger partial charge in [-0.25, -0.2) is 9.97 Å². The lowest BCUT2D eigenvalue weighted by Gasteiger charge is -2.33. The summed E-state index contributed by atoms with van der Waals surface area (Å²) in [5.41, 5.74) is 0.854. The van der Waals surface area contributed by atoms with Crippen LogP contribution in [0.25, 0.3) is 10.9 Å². The normalized spacial score (nSPS) is 21.0. The zero-order valence-electron chi connectivity index (χ0n) is 14.9. The third kappa shape index (κ3) is 3.38. The van der Waals surface area contributed by atoms with Crippen molar-refractivity contribution in [1.29, 1.82) is 0 Å². The molecular formula is C18H26N4O2. The monoisotopic (exact) mass is 330 g/mol. The Hall–Kier alpha value is -2.08. The largest absolute Gasteiger partial charge is 0.493 e. The fourth-order valence-electron chi connectivity index (χ4n) is 3.43. The maximum Gasteiger partial charge on any atom is 0.162 e. The van der Waals surface area contributed by atoms with Crippen LogP contribution in [0.2, 0.25) is 0 Å². The first-order chi connectivity index (χ1) is 11.6. The summed E-state index contributed by atoms with van der Waals surface area (Å²) in [6.07, 6.45) is 6.33. The zero-order valence-corrected chi connectivity index (χ0v) is 14.9. The van der Waals surface area contributed by atoms with Gasteiger partial charge in [0.1, 0.15) is 12.1 Å². The molecule has 1 fully saturated rings. The van der Waals surface area contributed by atoms with Gasteiger partial charge >= 0.3 is 0 Å². The van der Waals surface area contributed by atoms with Gasteiger partial charge in [-0.05, 0) is 45.8 Å². The molecule has 3 rings (SSSR count). The van der Waals surface area contributed by atoms with Crippen LogP contribution in [0.1, 0.15) is 25.7 Å². The van der Waals surface area contributed by atoms with Crippen molar-refractivity contribution in [1.82, 2.24) is 14.9 Å². The molecule has 0 aliphatic heterocycles. The third-order valence-corrected chi connectivity index (χ3v) is 4.91. The van der Waals surface area contributed by atoms with Crippen LogP contribution in [0.15, 0.2) is 18.5 Å². The first kappa shape index (κ1) is 16.8. The van der Waals surface area contributed by atoms with E-state index in [0.717, 1.165) is 29.6 Å². The number of hydrogen-bond donors (Lipinski definition) is 1. The number of nitrogens with one attached hydrogen (secondary N) is 1. The second-order valence-corrected chi connectivity index (χ2v) is 6.56. The molecule has 130 valence electrons. The minimum absolute atomic E-state index is 0.451. The highest BCUT2D eigenvalue weighted by Gasteiger charge is 2.23. The van der Waals surface area contributed by atoms with Crippen molar-refractivity contribution in [3.63, 3.8) is 0 Å². The van der Waals surface area contributed by atoms with Gasteiger partial charge < -0.3 is 19.7 Å². The molecule has 0 saturated heterocycles. The number of fused-ring (bicyclic) bond motifs is 1. The average molecular weight is 330 g/mol. The maximum absolute atomic E-state index is 5.42. The Morgan fingerprint density at radius 1 is 1.00 bits per heavy atom. The second-order valence-electron chi connectivity index (χ2n) is 6.56. The molecule has 6 nitrogen and oxygen atoms in total. The third-order valence-electron chi connectivity index (χ3n) is 4.91. The predicted molar refractivity (Wildman–Crippen MR) is 96.0 cm³/mol. The minimum Gasteiger partial charge on any atom is -0.493 e. The number of aromatic nitrogens is 2. The van der Waals surface area contributed by atoms with E-state index in [2.05, 4.69) is 34.3 Å². The summed E-state index contributed by atoms with van der Waals surface area (Å²) in [6.45, 7) is 0. The van der Waals surface area contributed by atoms with E-state index in [1.807, 2.05) is 12.1 Å². The van der Waals surface area contributed by atoms with Crippen molar-refractivity contribution in [2.45, 2.75) is 37.8 Å². The number of anilines is 1. The van der Waals surface area contributed by atoms with E-state index in [9.17, 15) is 0 Å². The van der Waals surface area contributed by atoms with Gasteiger partial charge in [-0.2, -0.15) is 0 Å². The summed E-state index contributed by atoms with van der Waals surface area (Å²) in [4.78, 5) is 11.1. The van der Waals surface area contributed by atoms with E-state index < -0.39 is 0 Å². The molecule has 1 aliphatic carbocycles. The number of benzene rings is 1. The molecule has 1 aromatic heterocycles. The summed E-state index contributed by atoms with van der Waals surface area (Å²) in [5, 5.41) is 4.57. The van der Waals surface area contributed by atoms with Crippen molar-refractivity contribution in [3.05, 3.63) is 18.5 Å². The zero-order chi connectivity index (χ0) is 17.1. The summed E-state index contributed by atoms with van der Waals surface area (Å²) >= 11 is 0. The highest BCUT2D eigenvalue weighted by atomic mass is 16.5. The summed E-state index contributed by atoms with van der Waals surface area (Å²) in [5.74, 6) is 2.24. The van der Waals surface area contributed by atoms with Crippen LogP contribution in [0.3, 0.4) is 0 Å². The average Bonchev–Trinajstić information content (AvgIpc) is 2.61. The van der Waals surface area contributed by atoms with Gasteiger partial charge in [-0.3, -0.25) is 0 Å². The molecule has 0 amide bonds. The summed E-state index contributed by atoms with van der Waals surface area (Å²) in [7, 11) is 7.60. The smallest absolute Gasteiger partial charge is 0.162 e.